The van der Waals surface area contributed by atoms with Crippen molar-refractivity contribution in [2.45, 2.75) is 45.7 Å². The number of alkyl halides is 2. The molecule has 0 aromatic heterocycles. The van der Waals surface area contributed by atoms with Crippen molar-refractivity contribution in [1.29, 1.82) is 0 Å². The average Bonchev–Trinajstić information content (AvgIpc) is 1.81. The van der Waals surface area contributed by atoms with E-state index in [4.69, 9.17) is 0 Å². The van der Waals surface area contributed by atoms with Gasteiger partial charge in [-0.3, -0.25) is 5.32 Å². The van der Waals surface area contributed by atoms with Gasteiger partial charge in [-0.15, -0.1) is 0 Å². The lowest BCUT2D eigenvalue weighted by Crippen LogP contribution is -2.41. The predicted octanol–water partition coefficient (Wildman–Crippen LogP) is 2.62. The Balaban J connectivity index is 2.34. The molecule has 2 atom stereocenters. The summed E-state index contributed by atoms with van der Waals surface area (Å²) in [6, 6.07) is 0. The van der Waals surface area contributed by atoms with Crippen LogP contribution < -0.4 is 5.32 Å². The number of hydrogen-bond donors (Lipinski definition) is 1. The summed E-state index contributed by atoms with van der Waals surface area (Å²) in [5.41, 5.74) is 0. The van der Waals surface area contributed by atoms with Crippen LogP contribution in [0.15, 0.2) is 0 Å². The monoisotopic (exact) mass is 177 g/mol. The molecule has 0 saturated carbocycles. The molecule has 0 bridgehead atoms. The van der Waals surface area contributed by atoms with E-state index < -0.39 is 12.6 Å². The first kappa shape index (κ1) is 9.90. The standard InChI is InChI=1S/C9H17F2N/c1-6(2)3-7-4-8(10)12-9(11)5-7/h6-9,12H,3-5H2,1-2H3. The molecule has 1 fully saturated rings. The number of piperidine rings is 1. The fraction of sp³-hybridized carbons (Fsp3) is 1.00. The van der Waals surface area contributed by atoms with E-state index in [1.165, 1.54) is 0 Å². The van der Waals surface area contributed by atoms with Gasteiger partial charge >= 0.3 is 0 Å². The topological polar surface area (TPSA) is 12.0 Å². The third kappa shape index (κ3) is 3.05. The van der Waals surface area contributed by atoms with Crippen molar-refractivity contribution in [2.24, 2.45) is 11.8 Å². The first-order chi connectivity index (χ1) is 5.58. The van der Waals surface area contributed by atoms with Gasteiger partial charge < -0.3 is 0 Å². The highest BCUT2D eigenvalue weighted by atomic mass is 19.2. The molecule has 3 heteroatoms. The summed E-state index contributed by atoms with van der Waals surface area (Å²) in [6.45, 7) is 4.17. The van der Waals surface area contributed by atoms with Crippen LogP contribution in [0.25, 0.3) is 0 Å². The van der Waals surface area contributed by atoms with Gasteiger partial charge in [0.1, 0.15) is 0 Å². The Kier molecular flexibility index (Phi) is 3.44. The van der Waals surface area contributed by atoms with Gasteiger partial charge in [0.15, 0.2) is 12.6 Å². The number of nitrogens with one attached hydrogen (secondary N) is 1. The Labute approximate surface area is 72.5 Å². The molecule has 12 heavy (non-hydrogen) atoms. The van der Waals surface area contributed by atoms with Crippen molar-refractivity contribution in [3.63, 3.8) is 0 Å². The molecule has 2 unspecified atom stereocenters. The Hall–Kier alpha value is -0.180. The van der Waals surface area contributed by atoms with Gasteiger partial charge in [0.05, 0.1) is 0 Å². The molecule has 1 saturated heterocycles. The third-order valence-corrected chi connectivity index (χ3v) is 2.25. The largest absolute Gasteiger partial charge is 0.258 e. The minimum absolute atomic E-state index is 0.219. The van der Waals surface area contributed by atoms with Gasteiger partial charge in [0.25, 0.3) is 0 Å². The van der Waals surface area contributed by atoms with Crippen LogP contribution in [0.5, 0.6) is 0 Å². The summed E-state index contributed by atoms with van der Waals surface area (Å²) in [5.74, 6) is 0.753. The Morgan fingerprint density at radius 3 is 2.17 bits per heavy atom. The summed E-state index contributed by atoms with van der Waals surface area (Å²) >= 11 is 0. The number of rotatable bonds is 2. The molecule has 0 aromatic carbocycles. The van der Waals surface area contributed by atoms with E-state index in [1.807, 2.05) is 0 Å². The second-order valence-electron chi connectivity index (χ2n) is 4.07. The molecular weight excluding hydrogens is 160 g/mol. The zero-order valence-corrected chi connectivity index (χ0v) is 7.69. The first-order valence-corrected chi connectivity index (χ1v) is 4.62. The lowest BCUT2D eigenvalue weighted by Gasteiger charge is -2.29. The zero-order chi connectivity index (χ0) is 9.14. The minimum atomic E-state index is -1.14. The van der Waals surface area contributed by atoms with Gasteiger partial charge in [-0.25, -0.2) is 8.78 Å². The molecule has 1 rings (SSSR count). The summed E-state index contributed by atoms with van der Waals surface area (Å²) in [7, 11) is 0. The van der Waals surface area contributed by atoms with Crippen molar-refractivity contribution >= 4 is 0 Å². The quantitative estimate of drug-likeness (QED) is 0.639. The minimum Gasteiger partial charge on any atom is -0.258 e. The molecule has 1 N–H and O–H groups in total. The van der Waals surface area contributed by atoms with E-state index in [0.29, 0.717) is 18.8 Å². The van der Waals surface area contributed by atoms with Gasteiger partial charge in [-0.1, -0.05) is 13.8 Å². The van der Waals surface area contributed by atoms with Gasteiger partial charge in [-0.2, -0.15) is 0 Å². The second-order valence-corrected chi connectivity index (χ2v) is 4.07. The van der Waals surface area contributed by atoms with E-state index in [0.717, 1.165) is 6.42 Å². The zero-order valence-electron chi connectivity index (χ0n) is 7.69. The van der Waals surface area contributed by atoms with E-state index in [-0.39, 0.29) is 5.92 Å². The van der Waals surface area contributed by atoms with Crippen LogP contribution in [0, 0.1) is 11.8 Å². The van der Waals surface area contributed by atoms with Crippen molar-refractivity contribution in [3.8, 4) is 0 Å². The van der Waals surface area contributed by atoms with E-state index in [9.17, 15) is 8.78 Å². The Bertz CT molecular complexity index is 126. The molecular formula is C9H17F2N. The Morgan fingerprint density at radius 1 is 1.25 bits per heavy atom. The molecule has 1 aliphatic heterocycles. The molecule has 0 spiro atoms. The number of hydrogen-bond acceptors (Lipinski definition) is 1. The maximum absolute atomic E-state index is 12.8. The summed E-state index contributed by atoms with van der Waals surface area (Å²) in [4.78, 5) is 0. The fourth-order valence-corrected chi connectivity index (χ4v) is 1.87. The number of halogens is 2. The normalized spacial score (nSPS) is 37.2. The average molecular weight is 177 g/mol. The second kappa shape index (κ2) is 4.17. The van der Waals surface area contributed by atoms with Crippen molar-refractivity contribution in [3.05, 3.63) is 0 Å². The predicted molar refractivity (Wildman–Crippen MR) is 45.1 cm³/mol. The highest BCUT2D eigenvalue weighted by molar-refractivity contribution is 4.75. The van der Waals surface area contributed by atoms with Crippen molar-refractivity contribution in [2.75, 3.05) is 0 Å². The Morgan fingerprint density at radius 2 is 1.75 bits per heavy atom. The van der Waals surface area contributed by atoms with Crippen LogP contribution >= 0.6 is 0 Å². The lowest BCUT2D eigenvalue weighted by atomic mass is 9.88. The van der Waals surface area contributed by atoms with E-state index >= 15 is 0 Å². The highest BCUT2D eigenvalue weighted by Crippen LogP contribution is 2.27. The maximum atomic E-state index is 12.8. The van der Waals surface area contributed by atoms with Crippen LogP contribution in [-0.2, 0) is 0 Å². The molecule has 1 heterocycles. The molecule has 0 aromatic rings. The van der Waals surface area contributed by atoms with Gasteiger partial charge in [-0.05, 0) is 31.1 Å². The van der Waals surface area contributed by atoms with E-state index in [2.05, 4.69) is 19.2 Å². The molecule has 1 nitrogen and oxygen atoms in total. The van der Waals surface area contributed by atoms with Gasteiger partial charge in [0.2, 0.25) is 0 Å². The molecule has 1 aliphatic rings. The lowest BCUT2D eigenvalue weighted by molar-refractivity contribution is 0.0690. The van der Waals surface area contributed by atoms with Crippen LogP contribution in [0.1, 0.15) is 33.1 Å². The summed E-state index contributed by atoms with van der Waals surface area (Å²) in [5, 5.41) is 2.25. The SMILES string of the molecule is CC(C)CC1CC(F)NC(F)C1. The van der Waals surface area contributed by atoms with Crippen molar-refractivity contribution < 1.29 is 8.78 Å². The molecule has 0 amide bonds. The highest BCUT2D eigenvalue weighted by Gasteiger charge is 2.27. The first-order valence-electron chi connectivity index (χ1n) is 4.62. The van der Waals surface area contributed by atoms with Crippen LogP contribution in [0.4, 0.5) is 8.78 Å². The van der Waals surface area contributed by atoms with E-state index in [1.54, 1.807) is 0 Å². The molecule has 0 radical (unpaired) electrons. The smallest absolute Gasteiger partial charge is 0.153 e. The van der Waals surface area contributed by atoms with Gasteiger partial charge in [0, 0.05) is 0 Å². The van der Waals surface area contributed by atoms with Crippen LogP contribution in [-0.4, -0.2) is 12.6 Å². The van der Waals surface area contributed by atoms with Crippen LogP contribution in [0.3, 0.4) is 0 Å². The summed E-state index contributed by atoms with van der Waals surface area (Å²) in [6.07, 6.45) is -0.408. The third-order valence-electron chi connectivity index (χ3n) is 2.25. The molecule has 0 aliphatic carbocycles. The summed E-state index contributed by atoms with van der Waals surface area (Å²) < 4.78 is 25.6. The van der Waals surface area contributed by atoms with Crippen LogP contribution in [0.2, 0.25) is 0 Å². The fourth-order valence-electron chi connectivity index (χ4n) is 1.87. The maximum Gasteiger partial charge on any atom is 0.153 e. The molecule has 72 valence electrons. The van der Waals surface area contributed by atoms with Crippen molar-refractivity contribution in [1.82, 2.24) is 5.32 Å².